The molecule has 0 saturated carbocycles. The molecule has 0 aromatic rings. The number of ether oxygens (including phenoxy) is 2. The van der Waals surface area contributed by atoms with Gasteiger partial charge >= 0.3 is 5.97 Å². The molecule has 0 bridgehead atoms. The van der Waals surface area contributed by atoms with Crippen LogP contribution < -0.4 is 0 Å². The highest BCUT2D eigenvalue weighted by molar-refractivity contribution is 5.96. The number of hydrogen-bond acceptors (Lipinski definition) is 4. The lowest BCUT2D eigenvalue weighted by atomic mass is 9.84. The van der Waals surface area contributed by atoms with Gasteiger partial charge in [-0.05, 0) is 38.2 Å². The number of hydrogen-bond donors (Lipinski definition) is 0. The van der Waals surface area contributed by atoms with Crippen molar-refractivity contribution in [2.75, 3.05) is 7.11 Å². The average Bonchev–Trinajstić information content (AvgIpc) is 2.67. The molecule has 1 aliphatic heterocycles. The first-order chi connectivity index (χ1) is 8.08. The molecule has 0 aromatic carbocycles. The fourth-order valence-electron chi connectivity index (χ4n) is 2.54. The molecular formula is C13H18O4. The fraction of sp³-hybridized carbons (Fsp3) is 0.692. The molecule has 1 aliphatic carbocycles. The SMILES string of the molecule is COC(=O)C1CC(=O)C(C)(C2=CCCCC2)O1. The molecule has 94 valence electrons. The van der Waals surface area contributed by atoms with Crippen LogP contribution in [0.4, 0.5) is 0 Å². The summed E-state index contributed by atoms with van der Waals surface area (Å²) in [4.78, 5) is 23.5. The summed E-state index contributed by atoms with van der Waals surface area (Å²) in [5.74, 6) is -0.473. The Labute approximate surface area is 101 Å². The van der Waals surface area contributed by atoms with Crippen molar-refractivity contribution in [3.63, 3.8) is 0 Å². The van der Waals surface area contributed by atoms with Crippen LogP contribution in [0.15, 0.2) is 11.6 Å². The van der Waals surface area contributed by atoms with Crippen LogP contribution in [0, 0.1) is 0 Å². The fourth-order valence-corrected chi connectivity index (χ4v) is 2.54. The van der Waals surface area contributed by atoms with E-state index in [-0.39, 0.29) is 12.2 Å². The van der Waals surface area contributed by atoms with Crippen LogP contribution in [0.1, 0.15) is 39.0 Å². The van der Waals surface area contributed by atoms with Gasteiger partial charge in [-0.25, -0.2) is 4.79 Å². The third kappa shape index (κ3) is 2.14. The molecule has 17 heavy (non-hydrogen) atoms. The summed E-state index contributed by atoms with van der Waals surface area (Å²) in [7, 11) is 1.31. The van der Waals surface area contributed by atoms with E-state index in [4.69, 9.17) is 4.74 Å². The molecule has 2 atom stereocenters. The highest BCUT2D eigenvalue weighted by Crippen LogP contribution is 2.38. The van der Waals surface area contributed by atoms with Crippen molar-refractivity contribution in [1.29, 1.82) is 0 Å². The smallest absolute Gasteiger partial charge is 0.335 e. The number of esters is 1. The highest BCUT2D eigenvalue weighted by atomic mass is 16.6. The van der Waals surface area contributed by atoms with Gasteiger partial charge in [0.2, 0.25) is 0 Å². The van der Waals surface area contributed by atoms with Crippen LogP contribution in [-0.4, -0.2) is 30.6 Å². The van der Waals surface area contributed by atoms with Crippen LogP contribution in [0.25, 0.3) is 0 Å². The zero-order chi connectivity index (χ0) is 12.5. The highest BCUT2D eigenvalue weighted by Gasteiger charge is 2.49. The predicted molar refractivity (Wildman–Crippen MR) is 61.5 cm³/mol. The van der Waals surface area contributed by atoms with Crippen molar-refractivity contribution < 1.29 is 19.1 Å². The zero-order valence-corrected chi connectivity index (χ0v) is 10.3. The normalized spacial score (nSPS) is 33.4. The van der Waals surface area contributed by atoms with Gasteiger partial charge in [0.25, 0.3) is 0 Å². The van der Waals surface area contributed by atoms with Crippen molar-refractivity contribution in [3.05, 3.63) is 11.6 Å². The first-order valence-corrected chi connectivity index (χ1v) is 6.06. The van der Waals surface area contributed by atoms with Gasteiger partial charge in [0.1, 0.15) is 5.60 Å². The van der Waals surface area contributed by atoms with Crippen molar-refractivity contribution in [1.82, 2.24) is 0 Å². The minimum atomic E-state index is -0.903. The van der Waals surface area contributed by atoms with Crippen molar-refractivity contribution in [2.24, 2.45) is 0 Å². The number of Topliss-reactive ketones (excluding diaryl/α,β-unsaturated/α-hetero) is 1. The Morgan fingerprint density at radius 1 is 1.53 bits per heavy atom. The Hall–Kier alpha value is -1.16. The molecule has 1 heterocycles. The van der Waals surface area contributed by atoms with Crippen LogP contribution in [-0.2, 0) is 19.1 Å². The maximum atomic E-state index is 12.1. The zero-order valence-electron chi connectivity index (χ0n) is 10.3. The molecular weight excluding hydrogens is 220 g/mol. The third-order valence-electron chi connectivity index (χ3n) is 3.65. The predicted octanol–water partition coefficient (Wildman–Crippen LogP) is 1.78. The molecule has 2 aliphatic rings. The Bertz CT molecular complexity index is 372. The molecule has 0 amide bonds. The maximum Gasteiger partial charge on any atom is 0.335 e. The molecule has 0 spiro atoms. The summed E-state index contributed by atoms with van der Waals surface area (Å²) in [6.45, 7) is 1.77. The van der Waals surface area contributed by atoms with E-state index in [2.05, 4.69) is 10.8 Å². The van der Waals surface area contributed by atoms with Crippen molar-refractivity contribution >= 4 is 11.8 Å². The lowest BCUT2D eigenvalue weighted by Gasteiger charge is -2.28. The van der Waals surface area contributed by atoms with E-state index in [0.717, 1.165) is 31.3 Å². The van der Waals surface area contributed by atoms with Gasteiger partial charge < -0.3 is 9.47 Å². The second kappa shape index (κ2) is 4.61. The van der Waals surface area contributed by atoms with E-state index < -0.39 is 17.7 Å². The number of methoxy groups -OCH3 is 1. The average molecular weight is 238 g/mol. The van der Waals surface area contributed by atoms with E-state index in [1.807, 2.05) is 0 Å². The molecule has 4 nitrogen and oxygen atoms in total. The van der Waals surface area contributed by atoms with E-state index >= 15 is 0 Å². The molecule has 4 heteroatoms. The summed E-state index contributed by atoms with van der Waals surface area (Å²) < 4.78 is 10.3. The van der Waals surface area contributed by atoms with Crippen molar-refractivity contribution in [3.8, 4) is 0 Å². The molecule has 1 saturated heterocycles. The van der Waals surface area contributed by atoms with E-state index in [1.54, 1.807) is 6.92 Å². The third-order valence-corrected chi connectivity index (χ3v) is 3.65. The van der Waals surface area contributed by atoms with Gasteiger partial charge in [-0.2, -0.15) is 0 Å². The van der Waals surface area contributed by atoms with Gasteiger partial charge in [0.05, 0.1) is 7.11 Å². The Kier molecular flexibility index (Phi) is 3.33. The van der Waals surface area contributed by atoms with Gasteiger partial charge in [0, 0.05) is 6.42 Å². The van der Waals surface area contributed by atoms with Crippen LogP contribution in [0.3, 0.4) is 0 Å². The molecule has 0 N–H and O–H groups in total. The van der Waals surface area contributed by atoms with Crippen LogP contribution in [0.2, 0.25) is 0 Å². The minimum absolute atomic E-state index is 0.0129. The minimum Gasteiger partial charge on any atom is -0.467 e. The first-order valence-electron chi connectivity index (χ1n) is 6.06. The summed E-state index contributed by atoms with van der Waals surface area (Å²) >= 11 is 0. The molecule has 0 aromatic heterocycles. The molecule has 0 radical (unpaired) electrons. The number of carbonyl (C=O) groups is 2. The van der Waals surface area contributed by atoms with Crippen molar-refractivity contribution in [2.45, 2.75) is 50.7 Å². The van der Waals surface area contributed by atoms with E-state index in [9.17, 15) is 9.59 Å². The van der Waals surface area contributed by atoms with Gasteiger partial charge in [-0.3, -0.25) is 4.79 Å². The Morgan fingerprint density at radius 3 is 2.88 bits per heavy atom. The molecule has 2 rings (SSSR count). The van der Waals surface area contributed by atoms with Gasteiger partial charge in [-0.15, -0.1) is 0 Å². The van der Waals surface area contributed by atoms with Crippen LogP contribution in [0.5, 0.6) is 0 Å². The summed E-state index contributed by atoms with van der Waals surface area (Å²) in [5.41, 5.74) is 0.124. The summed E-state index contributed by atoms with van der Waals surface area (Å²) in [6, 6.07) is 0. The largest absolute Gasteiger partial charge is 0.467 e. The number of rotatable bonds is 2. The number of allylic oxidation sites excluding steroid dienone is 1. The number of ketones is 1. The summed E-state index contributed by atoms with van der Waals surface area (Å²) in [6.07, 6.45) is 5.59. The second-order valence-electron chi connectivity index (χ2n) is 4.77. The van der Waals surface area contributed by atoms with Gasteiger partial charge in [0.15, 0.2) is 11.9 Å². The Morgan fingerprint density at radius 2 is 2.29 bits per heavy atom. The first kappa shape index (κ1) is 12.3. The monoisotopic (exact) mass is 238 g/mol. The summed E-state index contributed by atoms with van der Waals surface area (Å²) in [5, 5.41) is 0. The quantitative estimate of drug-likeness (QED) is 0.543. The molecule has 2 unspecified atom stereocenters. The standard InChI is InChI=1S/C13H18O4/c1-13(9-6-4-3-5-7-9)11(14)8-10(17-13)12(15)16-2/h6,10H,3-5,7-8H2,1-2H3. The Balaban J connectivity index is 2.18. The van der Waals surface area contributed by atoms with Crippen LogP contribution >= 0.6 is 0 Å². The lowest BCUT2D eigenvalue weighted by molar-refractivity contribution is -0.156. The van der Waals surface area contributed by atoms with E-state index in [1.165, 1.54) is 7.11 Å². The molecule has 1 fully saturated rings. The van der Waals surface area contributed by atoms with E-state index in [0.29, 0.717) is 0 Å². The topological polar surface area (TPSA) is 52.6 Å². The maximum absolute atomic E-state index is 12.1. The van der Waals surface area contributed by atoms with Gasteiger partial charge in [-0.1, -0.05) is 6.08 Å². The number of carbonyl (C=O) groups excluding carboxylic acids is 2. The second-order valence-corrected chi connectivity index (χ2v) is 4.77. The lowest BCUT2D eigenvalue weighted by Crippen LogP contribution is -2.36.